The van der Waals surface area contributed by atoms with E-state index in [0.29, 0.717) is 19.3 Å². The molecule has 14 heteroatoms. The second kappa shape index (κ2) is 13.2. The van der Waals surface area contributed by atoms with Crippen molar-refractivity contribution in [3.05, 3.63) is 0 Å². The van der Waals surface area contributed by atoms with Crippen LogP contribution in [0.4, 0.5) is 0 Å². The van der Waals surface area contributed by atoms with E-state index in [-0.39, 0.29) is 38.3 Å². The molecule has 1 aliphatic rings. The summed E-state index contributed by atoms with van der Waals surface area (Å²) in [7, 11) is 0. The highest BCUT2D eigenvalue weighted by Gasteiger charge is 2.39. The third-order valence-corrected chi connectivity index (χ3v) is 5.07. The van der Waals surface area contributed by atoms with Crippen molar-refractivity contribution < 1.29 is 34.2 Å². The minimum atomic E-state index is -1.24. The lowest BCUT2D eigenvalue weighted by Crippen LogP contribution is -2.56. The van der Waals surface area contributed by atoms with E-state index in [4.69, 9.17) is 22.3 Å². The zero-order chi connectivity index (χ0) is 25.1. The molecule has 4 atom stereocenters. The van der Waals surface area contributed by atoms with Crippen LogP contribution in [0.5, 0.6) is 0 Å². The summed E-state index contributed by atoms with van der Waals surface area (Å²) in [6.45, 7) is 1.82. The second-order valence-corrected chi connectivity index (χ2v) is 7.82. The van der Waals surface area contributed by atoms with Crippen LogP contribution in [0.25, 0.3) is 0 Å². The van der Waals surface area contributed by atoms with Crippen molar-refractivity contribution in [2.75, 3.05) is 13.1 Å². The molecule has 0 bridgehead atoms. The lowest BCUT2D eigenvalue weighted by atomic mass is 10.1. The monoisotopic (exact) mass is 471 g/mol. The fourth-order valence-electron chi connectivity index (χ4n) is 3.36. The molecule has 0 aromatic rings. The normalized spacial score (nSPS) is 18.0. The first-order valence-corrected chi connectivity index (χ1v) is 10.6. The Morgan fingerprint density at radius 1 is 1.09 bits per heavy atom. The first-order chi connectivity index (χ1) is 15.4. The van der Waals surface area contributed by atoms with Gasteiger partial charge in [-0.15, -0.1) is 0 Å². The van der Waals surface area contributed by atoms with Crippen LogP contribution in [-0.4, -0.2) is 88.0 Å². The molecule has 1 fully saturated rings. The number of nitrogens with zero attached hydrogens (tertiary/aromatic N) is 2. The largest absolute Gasteiger partial charge is 0.481 e. The molecular weight excluding hydrogens is 438 g/mol. The Bertz CT molecular complexity index is 768. The number of guanidine groups is 1. The summed E-state index contributed by atoms with van der Waals surface area (Å²) >= 11 is 0. The van der Waals surface area contributed by atoms with Crippen LogP contribution in [0.15, 0.2) is 4.99 Å². The molecule has 10 N–H and O–H groups in total. The van der Waals surface area contributed by atoms with Crippen LogP contribution in [-0.2, 0) is 24.0 Å². The molecular formula is C19H33N7O7. The highest BCUT2D eigenvalue weighted by atomic mass is 16.4. The van der Waals surface area contributed by atoms with Crippen molar-refractivity contribution in [3.63, 3.8) is 0 Å². The van der Waals surface area contributed by atoms with Crippen molar-refractivity contribution in [1.82, 2.24) is 15.5 Å². The number of carbonyl (C=O) groups is 5. The van der Waals surface area contributed by atoms with Gasteiger partial charge in [-0.05, 0) is 39.0 Å². The van der Waals surface area contributed by atoms with Gasteiger partial charge in [0.05, 0.1) is 6.04 Å². The van der Waals surface area contributed by atoms with E-state index in [1.165, 1.54) is 11.8 Å². The van der Waals surface area contributed by atoms with Crippen molar-refractivity contribution in [1.29, 1.82) is 0 Å². The van der Waals surface area contributed by atoms with Gasteiger partial charge in [0.25, 0.3) is 0 Å². The number of amides is 3. The molecule has 0 aliphatic carbocycles. The Hall–Kier alpha value is -3.42. The second-order valence-electron chi connectivity index (χ2n) is 7.82. The summed E-state index contributed by atoms with van der Waals surface area (Å²) < 4.78 is 0. The number of nitrogens with one attached hydrogen (secondary N) is 2. The molecule has 0 aromatic heterocycles. The van der Waals surface area contributed by atoms with Gasteiger partial charge in [0.2, 0.25) is 17.7 Å². The van der Waals surface area contributed by atoms with E-state index in [2.05, 4.69) is 15.6 Å². The molecule has 14 nitrogen and oxygen atoms in total. The van der Waals surface area contributed by atoms with Crippen LogP contribution >= 0.6 is 0 Å². The van der Waals surface area contributed by atoms with Gasteiger partial charge in [0.1, 0.15) is 18.1 Å². The molecule has 1 rings (SSSR count). The molecule has 0 saturated carbocycles. The maximum Gasteiger partial charge on any atom is 0.326 e. The van der Waals surface area contributed by atoms with Crippen molar-refractivity contribution in [2.24, 2.45) is 22.2 Å². The van der Waals surface area contributed by atoms with E-state index < -0.39 is 53.8 Å². The number of hydrogen-bond acceptors (Lipinski definition) is 7. The zero-order valence-corrected chi connectivity index (χ0v) is 18.5. The van der Waals surface area contributed by atoms with Gasteiger partial charge in [-0.1, -0.05) is 0 Å². The van der Waals surface area contributed by atoms with Crippen LogP contribution in [0.1, 0.15) is 45.4 Å². The van der Waals surface area contributed by atoms with E-state index >= 15 is 0 Å². The number of aliphatic carboxylic acids is 2. The molecule has 1 heterocycles. The molecule has 0 spiro atoms. The highest BCUT2D eigenvalue weighted by molar-refractivity contribution is 5.94. The Labute approximate surface area is 190 Å². The van der Waals surface area contributed by atoms with E-state index in [9.17, 15) is 29.1 Å². The fraction of sp³-hybridized carbons (Fsp3) is 0.684. The number of rotatable bonds is 13. The summed E-state index contributed by atoms with van der Waals surface area (Å²) in [4.78, 5) is 65.4. The lowest BCUT2D eigenvalue weighted by Gasteiger charge is -2.29. The van der Waals surface area contributed by atoms with Crippen LogP contribution < -0.4 is 27.8 Å². The maximum absolute atomic E-state index is 13.1. The minimum Gasteiger partial charge on any atom is -0.481 e. The molecule has 33 heavy (non-hydrogen) atoms. The van der Waals surface area contributed by atoms with E-state index in [1.807, 2.05) is 0 Å². The molecule has 4 unspecified atom stereocenters. The highest BCUT2D eigenvalue weighted by Crippen LogP contribution is 2.20. The van der Waals surface area contributed by atoms with Gasteiger partial charge in [0.15, 0.2) is 5.96 Å². The smallest absolute Gasteiger partial charge is 0.326 e. The maximum atomic E-state index is 13.1. The van der Waals surface area contributed by atoms with Crippen LogP contribution in [0, 0.1) is 0 Å². The van der Waals surface area contributed by atoms with Gasteiger partial charge in [-0.25, -0.2) is 4.79 Å². The van der Waals surface area contributed by atoms with Gasteiger partial charge < -0.3 is 42.9 Å². The topological polar surface area (TPSA) is 244 Å². The molecule has 1 saturated heterocycles. The molecule has 186 valence electrons. The van der Waals surface area contributed by atoms with Crippen molar-refractivity contribution in [2.45, 2.75) is 69.6 Å². The molecule has 0 radical (unpaired) electrons. The molecule has 3 amide bonds. The number of hydrogen-bond donors (Lipinski definition) is 7. The summed E-state index contributed by atoms with van der Waals surface area (Å²) in [5.41, 5.74) is 16.0. The predicted octanol–water partition coefficient (Wildman–Crippen LogP) is -2.70. The van der Waals surface area contributed by atoms with Gasteiger partial charge in [0, 0.05) is 19.5 Å². The van der Waals surface area contributed by atoms with Gasteiger partial charge in [-0.2, -0.15) is 0 Å². The summed E-state index contributed by atoms with van der Waals surface area (Å²) in [5.74, 6) is -4.42. The number of aliphatic imine (C=N–C) groups is 1. The Morgan fingerprint density at radius 2 is 1.76 bits per heavy atom. The van der Waals surface area contributed by atoms with Crippen molar-refractivity contribution in [3.8, 4) is 0 Å². The number of carbonyl (C=O) groups excluding carboxylic acids is 3. The number of likely N-dealkylation sites (tertiary alicyclic amines) is 1. The zero-order valence-electron chi connectivity index (χ0n) is 18.5. The average Bonchev–Trinajstić information content (AvgIpc) is 3.21. The summed E-state index contributed by atoms with van der Waals surface area (Å²) in [6, 6.07) is -4.25. The third-order valence-electron chi connectivity index (χ3n) is 5.07. The van der Waals surface area contributed by atoms with Crippen molar-refractivity contribution >= 4 is 35.6 Å². The van der Waals surface area contributed by atoms with Gasteiger partial charge >= 0.3 is 11.9 Å². The third kappa shape index (κ3) is 9.31. The first kappa shape index (κ1) is 27.6. The van der Waals surface area contributed by atoms with Crippen LogP contribution in [0.2, 0.25) is 0 Å². The quantitative estimate of drug-likeness (QED) is 0.0831. The Balaban J connectivity index is 2.88. The molecule has 0 aromatic carbocycles. The number of carboxylic acid groups (broad SMARTS) is 2. The molecule has 1 aliphatic heterocycles. The SMILES string of the molecule is CC(N)C(=O)NC(CCC(=O)O)C(=O)N1CCCC1C(=O)NC(CCCN=C(N)N)C(=O)O. The van der Waals surface area contributed by atoms with Crippen LogP contribution in [0.3, 0.4) is 0 Å². The fourth-order valence-corrected chi connectivity index (χ4v) is 3.36. The summed E-state index contributed by atoms with van der Waals surface area (Å²) in [6.07, 6.45) is 0.605. The standard InChI is InChI=1S/C19H33N7O7/c1-10(20)15(29)24-11(6-7-14(27)28)17(31)26-9-3-5-13(26)16(30)25-12(18(32)33)4-2-8-23-19(21)22/h10-13H,2-9,20H2,1H3,(H,24,29)(H,25,30)(H,27,28)(H,32,33)(H4,21,22,23). The lowest BCUT2D eigenvalue weighted by molar-refractivity contribution is -0.145. The van der Waals surface area contributed by atoms with Gasteiger partial charge in [-0.3, -0.25) is 24.2 Å². The number of nitrogens with two attached hydrogens (primary N) is 3. The number of carboxylic acids is 2. The van der Waals surface area contributed by atoms with E-state index in [1.54, 1.807) is 0 Å². The van der Waals surface area contributed by atoms with E-state index in [0.717, 1.165) is 0 Å². The summed E-state index contributed by atoms with van der Waals surface area (Å²) in [5, 5.41) is 23.2. The Kier molecular flexibility index (Phi) is 11.0. The minimum absolute atomic E-state index is 0.0736. The Morgan fingerprint density at radius 3 is 2.30 bits per heavy atom. The predicted molar refractivity (Wildman–Crippen MR) is 117 cm³/mol. The average molecular weight is 472 g/mol. The first-order valence-electron chi connectivity index (χ1n) is 10.6.